The van der Waals surface area contributed by atoms with E-state index in [2.05, 4.69) is 62.5 Å². The molecular formula is C34H50O4. The molecule has 0 saturated heterocycles. The first-order valence-electron chi connectivity index (χ1n) is 14.8. The molecule has 4 nitrogen and oxygen atoms in total. The lowest BCUT2D eigenvalue weighted by atomic mass is 10.1. The van der Waals surface area contributed by atoms with E-state index in [1.807, 2.05) is 0 Å². The number of hydrogen-bond acceptors (Lipinski definition) is 4. The van der Waals surface area contributed by atoms with Crippen molar-refractivity contribution in [1.29, 1.82) is 0 Å². The molecule has 0 aliphatic heterocycles. The van der Waals surface area contributed by atoms with Crippen molar-refractivity contribution in [2.45, 2.75) is 104 Å². The number of ether oxygens (including phenoxy) is 2. The summed E-state index contributed by atoms with van der Waals surface area (Å²) in [5.74, 6) is -0.888. The number of rotatable bonds is 16. The summed E-state index contributed by atoms with van der Waals surface area (Å²) in [6.45, 7) is 5.17. The van der Waals surface area contributed by atoms with Crippen LogP contribution in [0, 0.1) is 0 Å². The molecule has 2 aliphatic carbocycles. The fraction of sp³-hybridized carbons (Fsp3) is 0.529. The number of carbonyl (C=O) groups excluding carboxylic acids is 2. The summed E-state index contributed by atoms with van der Waals surface area (Å²) < 4.78 is 10.7. The van der Waals surface area contributed by atoms with Crippen molar-refractivity contribution in [1.82, 2.24) is 0 Å². The van der Waals surface area contributed by atoms with Gasteiger partial charge in [-0.25, -0.2) is 9.59 Å². The van der Waals surface area contributed by atoms with Gasteiger partial charge in [-0.2, -0.15) is 0 Å². The molecule has 0 aromatic heterocycles. The molecule has 0 radical (unpaired) electrons. The molecule has 1 aromatic rings. The van der Waals surface area contributed by atoms with E-state index in [0.29, 0.717) is 24.3 Å². The van der Waals surface area contributed by atoms with Crippen LogP contribution in [0.3, 0.4) is 0 Å². The van der Waals surface area contributed by atoms with Crippen LogP contribution in [0.25, 0.3) is 0 Å². The zero-order valence-corrected chi connectivity index (χ0v) is 23.9. The van der Waals surface area contributed by atoms with Crippen molar-refractivity contribution in [3.05, 3.63) is 84.0 Å². The Morgan fingerprint density at radius 1 is 0.553 bits per heavy atom. The van der Waals surface area contributed by atoms with Gasteiger partial charge >= 0.3 is 11.9 Å². The van der Waals surface area contributed by atoms with Crippen LogP contribution in [-0.2, 0) is 9.47 Å². The lowest BCUT2D eigenvalue weighted by molar-refractivity contribution is 0.0450. The van der Waals surface area contributed by atoms with Crippen molar-refractivity contribution in [3.63, 3.8) is 0 Å². The number of hydrogen-bond donors (Lipinski definition) is 0. The molecule has 0 amide bonds. The molecule has 0 heterocycles. The number of benzene rings is 1. The molecule has 0 N–H and O–H groups in total. The Labute approximate surface area is 231 Å². The van der Waals surface area contributed by atoms with E-state index in [0.717, 1.165) is 38.5 Å². The van der Waals surface area contributed by atoms with Crippen LogP contribution in [0.4, 0.5) is 0 Å². The number of carbonyl (C=O) groups is 2. The van der Waals surface area contributed by atoms with Gasteiger partial charge in [0.2, 0.25) is 0 Å². The fourth-order valence-electron chi connectivity index (χ4n) is 3.87. The molecule has 4 heteroatoms. The van der Waals surface area contributed by atoms with Crippen LogP contribution in [0.15, 0.2) is 72.9 Å². The van der Waals surface area contributed by atoms with Crippen LogP contribution in [0.2, 0.25) is 0 Å². The summed E-state index contributed by atoms with van der Waals surface area (Å²) in [6, 6.07) is 6.74. The van der Waals surface area contributed by atoms with E-state index in [1.165, 1.54) is 51.4 Å². The predicted octanol–water partition coefficient (Wildman–Crippen LogP) is 9.73. The molecular weight excluding hydrogens is 472 g/mol. The molecule has 3 rings (SSSR count). The summed E-state index contributed by atoms with van der Waals surface area (Å²) in [6.07, 6.45) is 32.6. The average Bonchev–Trinajstić information content (AvgIpc) is 3.72. The highest BCUT2D eigenvalue weighted by atomic mass is 16.5. The Bertz CT molecular complexity index is 772. The monoisotopic (exact) mass is 522 g/mol. The highest BCUT2D eigenvalue weighted by molar-refractivity contribution is 6.03. The van der Waals surface area contributed by atoms with Gasteiger partial charge in [-0.15, -0.1) is 0 Å². The maximum absolute atomic E-state index is 12.4. The van der Waals surface area contributed by atoms with Crippen molar-refractivity contribution in [3.8, 4) is 0 Å². The van der Waals surface area contributed by atoms with Crippen molar-refractivity contribution < 1.29 is 19.1 Å². The molecule has 0 bridgehead atoms. The van der Waals surface area contributed by atoms with E-state index in [-0.39, 0.29) is 0 Å². The van der Waals surface area contributed by atoms with E-state index >= 15 is 0 Å². The highest BCUT2D eigenvalue weighted by Crippen LogP contribution is 2.14. The van der Waals surface area contributed by atoms with Gasteiger partial charge in [0.1, 0.15) is 0 Å². The van der Waals surface area contributed by atoms with Gasteiger partial charge in [-0.05, 0) is 37.8 Å². The molecule has 210 valence electrons. The number of esters is 2. The predicted molar refractivity (Wildman–Crippen MR) is 160 cm³/mol. The quantitative estimate of drug-likeness (QED) is 0.160. The third-order valence-electron chi connectivity index (χ3n) is 6.14. The van der Waals surface area contributed by atoms with Crippen molar-refractivity contribution in [2.75, 3.05) is 13.2 Å². The van der Waals surface area contributed by atoms with Gasteiger partial charge in [0.05, 0.1) is 24.3 Å². The minimum Gasteiger partial charge on any atom is -0.462 e. The minimum atomic E-state index is -0.444. The Hall–Kier alpha value is -2.88. The lowest BCUT2D eigenvalue weighted by Crippen LogP contribution is -2.15. The first-order chi connectivity index (χ1) is 18.7. The average molecular weight is 523 g/mol. The summed E-state index contributed by atoms with van der Waals surface area (Å²) in [7, 11) is 0. The summed E-state index contributed by atoms with van der Waals surface area (Å²) in [5.41, 5.74) is 0.586. The first-order valence-corrected chi connectivity index (χ1v) is 14.8. The largest absolute Gasteiger partial charge is 0.462 e. The van der Waals surface area contributed by atoms with E-state index < -0.39 is 11.9 Å². The normalized spacial score (nSPS) is 12.5. The van der Waals surface area contributed by atoms with Crippen LogP contribution >= 0.6 is 0 Å². The van der Waals surface area contributed by atoms with Gasteiger partial charge in [0.15, 0.2) is 0 Å². The summed E-state index contributed by atoms with van der Waals surface area (Å²) >= 11 is 0. The zero-order valence-electron chi connectivity index (χ0n) is 23.9. The van der Waals surface area contributed by atoms with Gasteiger partial charge in [-0.3, -0.25) is 0 Å². The topological polar surface area (TPSA) is 52.6 Å². The Balaban J connectivity index is 0.000000590. The third-order valence-corrected chi connectivity index (χ3v) is 6.14. The second-order valence-electron chi connectivity index (χ2n) is 9.54. The molecule has 0 fully saturated rings. The molecule has 0 spiro atoms. The molecule has 0 unspecified atom stereocenters. The number of allylic oxidation sites excluding steroid dienone is 8. The van der Waals surface area contributed by atoms with Crippen molar-refractivity contribution in [2.24, 2.45) is 0 Å². The van der Waals surface area contributed by atoms with Gasteiger partial charge in [0.25, 0.3) is 0 Å². The molecule has 0 saturated carbocycles. The van der Waals surface area contributed by atoms with Gasteiger partial charge in [0, 0.05) is 0 Å². The smallest absolute Gasteiger partial charge is 0.339 e. The van der Waals surface area contributed by atoms with E-state index in [9.17, 15) is 9.59 Å². The highest BCUT2D eigenvalue weighted by Gasteiger charge is 2.18. The Morgan fingerprint density at radius 2 is 0.895 bits per heavy atom. The van der Waals surface area contributed by atoms with Crippen LogP contribution in [0.5, 0.6) is 0 Å². The van der Waals surface area contributed by atoms with Gasteiger partial charge in [-0.1, -0.05) is 139 Å². The minimum absolute atomic E-state index is 0.293. The maximum Gasteiger partial charge on any atom is 0.339 e. The second kappa shape index (κ2) is 24.5. The maximum atomic E-state index is 12.4. The fourth-order valence-corrected chi connectivity index (χ4v) is 3.87. The Kier molecular flexibility index (Phi) is 21.3. The van der Waals surface area contributed by atoms with Crippen LogP contribution in [-0.4, -0.2) is 25.2 Å². The van der Waals surface area contributed by atoms with Gasteiger partial charge < -0.3 is 9.47 Å². The Morgan fingerprint density at radius 3 is 1.21 bits per heavy atom. The second-order valence-corrected chi connectivity index (χ2v) is 9.54. The van der Waals surface area contributed by atoms with E-state index in [1.54, 1.807) is 24.3 Å². The number of unbranched alkanes of at least 4 members (excludes halogenated alkanes) is 10. The first kappa shape index (κ1) is 33.1. The third kappa shape index (κ3) is 17.6. The van der Waals surface area contributed by atoms with Crippen molar-refractivity contribution >= 4 is 11.9 Å². The summed E-state index contributed by atoms with van der Waals surface area (Å²) in [5, 5.41) is 0. The molecule has 38 heavy (non-hydrogen) atoms. The summed E-state index contributed by atoms with van der Waals surface area (Å²) in [4.78, 5) is 24.7. The van der Waals surface area contributed by atoms with Crippen LogP contribution < -0.4 is 0 Å². The SMILES string of the molecule is C1=CCC=C1.C1=CCC=C1.CCCCCCCCOC(=O)c1ccccc1C(=O)OCCCCCCCC. The zero-order chi connectivity index (χ0) is 27.5. The lowest BCUT2D eigenvalue weighted by Gasteiger charge is -2.10. The molecule has 0 atom stereocenters. The standard InChI is InChI=1S/C24H38O4.2C5H6/c1-3-5-7-9-11-15-19-27-23(25)21-17-13-14-18-22(21)24(26)28-20-16-12-10-8-6-4-2;2*1-2-4-5-3-1/h13-14,17-18H,3-12,15-16,19-20H2,1-2H3;2*1-4H,5H2. The van der Waals surface area contributed by atoms with E-state index in [4.69, 9.17) is 9.47 Å². The molecule has 2 aliphatic rings. The van der Waals surface area contributed by atoms with Crippen LogP contribution in [0.1, 0.15) is 124 Å². The molecule has 1 aromatic carbocycles.